The zero-order chi connectivity index (χ0) is 31.0. The molecule has 6 nitrogen and oxygen atoms in total. The van der Waals surface area contributed by atoms with Gasteiger partial charge in [-0.05, 0) is 49.4 Å². The largest absolute Gasteiger partial charge is 0.694 e. The normalized spacial score (nSPS) is 16.8. The second-order valence-corrected chi connectivity index (χ2v) is 14.8. The first-order valence-electron chi connectivity index (χ1n) is 16.8. The Kier molecular flexibility index (Phi) is 27.1. The Morgan fingerprint density at radius 1 is 0.650 bits per heavy atom. The van der Waals surface area contributed by atoms with Gasteiger partial charge in [0.2, 0.25) is 0 Å². The molecule has 0 spiro atoms. The van der Waals surface area contributed by atoms with Crippen LogP contribution in [0.2, 0.25) is 0 Å². The van der Waals surface area contributed by atoms with Crippen LogP contribution in [-0.2, 0) is 13.7 Å². The molecule has 5 atom stereocenters. The fourth-order valence-corrected chi connectivity index (χ4v) is 8.27. The molecule has 3 N–H and O–H groups in total. The van der Waals surface area contributed by atoms with Crippen LogP contribution in [0.1, 0.15) is 171 Å². The highest BCUT2D eigenvalue weighted by atomic mass is 31.2. The fourth-order valence-electron chi connectivity index (χ4n) is 6.15. The molecule has 0 fully saturated rings. The summed E-state index contributed by atoms with van der Waals surface area (Å²) in [4.78, 5) is 30.0. The standard InChI is InChI=1S/C24H51O3P.C8H17O3P/c1-7-13-16-21(10-4)19-24(28(25,26)27,23(12-6)18-15-9-3)20-22(11-5)17-14-8-2;1-3-5-6-8(4-2)7-11-12(9)10/h21-23H,7-20H2,1-6H3,(H2,25,26,27);8H,3-7H2,1-2H3/p+1. The lowest BCUT2D eigenvalue weighted by atomic mass is 9.72. The summed E-state index contributed by atoms with van der Waals surface area (Å²) in [6.45, 7) is 17.8. The smallest absolute Gasteiger partial charge is 0.324 e. The third-order valence-electron chi connectivity index (χ3n) is 9.07. The van der Waals surface area contributed by atoms with Crippen LogP contribution >= 0.6 is 15.9 Å². The predicted octanol–water partition coefficient (Wildman–Crippen LogP) is 11.2. The molecule has 0 amide bonds. The van der Waals surface area contributed by atoms with Crippen molar-refractivity contribution in [2.24, 2.45) is 23.7 Å². The second-order valence-electron chi connectivity index (χ2n) is 12.1. The molecule has 242 valence electrons. The SMILES string of the molecule is CCCCC(CC)CC(CC(CC)CCCC)(C(CC)CCCC)P(=O)(O)O.CCCCC(CC)CO[P+](=O)O. The third-order valence-corrected chi connectivity index (χ3v) is 11.3. The zero-order valence-electron chi connectivity index (χ0n) is 27.7. The van der Waals surface area contributed by atoms with Gasteiger partial charge >= 0.3 is 15.9 Å². The van der Waals surface area contributed by atoms with E-state index in [1.54, 1.807) is 0 Å². The van der Waals surface area contributed by atoms with Crippen molar-refractivity contribution in [3.63, 3.8) is 0 Å². The van der Waals surface area contributed by atoms with Crippen LogP contribution in [0.4, 0.5) is 0 Å². The number of rotatable bonds is 25. The molecule has 5 unspecified atom stereocenters. The minimum Gasteiger partial charge on any atom is -0.324 e. The molecule has 0 saturated carbocycles. The van der Waals surface area contributed by atoms with Gasteiger partial charge in [-0.15, -0.1) is 9.42 Å². The molecule has 0 rings (SSSR count). The second kappa shape index (κ2) is 25.6. The maximum Gasteiger partial charge on any atom is 0.694 e. The summed E-state index contributed by atoms with van der Waals surface area (Å²) in [6, 6.07) is 0. The van der Waals surface area contributed by atoms with Gasteiger partial charge in [0, 0.05) is 4.57 Å². The van der Waals surface area contributed by atoms with E-state index in [9.17, 15) is 18.9 Å². The van der Waals surface area contributed by atoms with Crippen molar-refractivity contribution in [1.82, 2.24) is 0 Å². The van der Waals surface area contributed by atoms with E-state index in [1.165, 1.54) is 12.8 Å². The molecule has 8 heteroatoms. The minimum absolute atomic E-state index is 0.125. The van der Waals surface area contributed by atoms with Gasteiger partial charge in [-0.1, -0.05) is 145 Å². The van der Waals surface area contributed by atoms with Gasteiger partial charge in [0.15, 0.2) is 0 Å². The van der Waals surface area contributed by atoms with E-state index in [4.69, 9.17) is 4.89 Å². The summed E-state index contributed by atoms with van der Waals surface area (Å²) in [5.74, 6) is 1.41. The van der Waals surface area contributed by atoms with Gasteiger partial charge in [-0.25, -0.2) is 0 Å². The van der Waals surface area contributed by atoms with E-state index < -0.39 is 21.0 Å². The molecule has 40 heavy (non-hydrogen) atoms. The van der Waals surface area contributed by atoms with Crippen LogP contribution < -0.4 is 0 Å². The summed E-state index contributed by atoms with van der Waals surface area (Å²) in [5.41, 5.74) is 0. The van der Waals surface area contributed by atoms with Gasteiger partial charge in [-0.3, -0.25) is 4.57 Å². The van der Waals surface area contributed by atoms with Crippen molar-refractivity contribution in [2.45, 2.75) is 176 Å². The summed E-state index contributed by atoms with van der Waals surface area (Å²) in [7, 11) is -6.62. The fraction of sp³-hybridized carbons (Fsp3) is 1.00. The van der Waals surface area contributed by atoms with Crippen molar-refractivity contribution < 1.29 is 28.3 Å². The van der Waals surface area contributed by atoms with Crippen LogP contribution in [0.25, 0.3) is 0 Å². The number of hydrogen-bond acceptors (Lipinski definition) is 3. The molecule has 0 aromatic carbocycles. The predicted molar refractivity (Wildman–Crippen MR) is 173 cm³/mol. The van der Waals surface area contributed by atoms with E-state index in [1.807, 2.05) is 0 Å². The average Bonchev–Trinajstić information content (AvgIpc) is 2.92. The van der Waals surface area contributed by atoms with Gasteiger partial charge in [0.25, 0.3) is 0 Å². The van der Waals surface area contributed by atoms with E-state index in [0.29, 0.717) is 37.2 Å². The lowest BCUT2D eigenvalue weighted by molar-refractivity contribution is 0.170. The highest BCUT2D eigenvalue weighted by molar-refractivity contribution is 7.53. The Bertz CT molecular complexity index is 621. The van der Waals surface area contributed by atoms with Gasteiger partial charge in [0.05, 0.1) is 5.16 Å². The van der Waals surface area contributed by atoms with E-state index >= 15 is 0 Å². The summed E-state index contributed by atoms with van der Waals surface area (Å²) in [5, 5.41) is -0.834. The molecular formula is C32H69O6P2+. The number of unbranched alkanes of at least 4 members (excludes halogenated alkanes) is 4. The van der Waals surface area contributed by atoms with Crippen LogP contribution in [0.5, 0.6) is 0 Å². The quantitative estimate of drug-likeness (QED) is 0.0887. The van der Waals surface area contributed by atoms with Crippen molar-refractivity contribution in [3.05, 3.63) is 0 Å². The maximum atomic E-state index is 13.2. The van der Waals surface area contributed by atoms with Crippen LogP contribution in [0.3, 0.4) is 0 Å². The lowest BCUT2D eigenvalue weighted by Gasteiger charge is -2.45. The first-order chi connectivity index (χ1) is 19.0. The molecule has 0 aromatic rings. The minimum atomic E-state index is -4.22. The third kappa shape index (κ3) is 18.0. The van der Waals surface area contributed by atoms with E-state index in [0.717, 1.165) is 89.9 Å². The Balaban J connectivity index is 0. The van der Waals surface area contributed by atoms with Crippen LogP contribution in [0, 0.1) is 23.7 Å². The molecular weight excluding hydrogens is 542 g/mol. The molecule has 0 aliphatic rings. The Morgan fingerprint density at radius 2 is 1.02 bits per heavy atom. The van der Waals surface area contributed by atoms with Crippen molar-refractivity contribution in [3.8, 4) is 0 Å². The first kappa shape index (κ1) is 42.3. The number of hydrogen-bond donors (Lipinski definition) is 3. The molecule has 0 aliphatic carbocycles. The van der Waals surface area contributed by atoms with Crippen LogP contribution in [-0.4, -0.2) is 26.4 Å². The molecule has 0 radical (unpaired) electrons. The lowest BCUT2D eigenvalue weighted by Crippen LogP contribution is -2.42. The summed E-state index contributed by atoms with van der Waals surface area (Å²) >= 11 is 0. The summed E-state index contributed by atoms with van der Waals surface area (Å²) < 4.78 is 28.0. The van der Waals surface area contributed by atoms with Gasteiger partial charge in [-0.2, -0.15) is 0 Å². The van der Waals surface area contributed by atoms with E-state index in [-0.39, 0.29) is 5.92 Å². The first-order valence-corrected chi connectivity index (χ1v) is 19.5. The zero-order valence-corrected chi connectivity index (χ0v) is 29.5. The highest BCUT2D eigenvalue weighted by Gasteiger charge is 2.52. The van der Waals surface area contributed by atoms with Crippen molar-refractivity contribution >= 4 is 15.9 Å². The van der Waals surface area contributed by atoms with Gasteiger partial charge in [0.1, 0.15) is 6.61 Å². The monoisotopic (exact) mass is 611 g/mol. The average molecular weight is 612 g/mol. The molecule has 0 aliphatic heterocycles. The Morgan fingerprint density at radius 3 is 1.32 bits per heavy atom. The topological polar surface area (TPSA) is 104 Å². The molecule has 0 bridgehead atoms. The van der Waals surface area contributed by atoms with Crippen LogP contribution in [0.15, 0.2) is 0 Å². The van der Waals surface area contributed by atoms with E-state index in [2.05, 4.69) is 59.9 Å². The Labute approximate surface area is 250 Å². The highest BCUT2D eigenvalue weighted by Crippen LogP contribution is 2.63. The maximum absolute atomic E-state index is 13.2. The molecule has 0 saturated heterocycles. The Hall–Kier alpha value is 0.170. The molecule has 0 heterocycles. The van der Waals surface area contributed by atoms with Crippen molar-refractivity contribution in [2.75, 3.05) is 6.61 Å². The molecule has 0 aromatic heterocycles. The van der Waals surface area contributed by atoms with Crippen molar-refractivity contribution in [1.29, 1.82) is 0 Å². The van der Waals surface area contributed by atoms with Gasteiger partial charge < -0.3 is 9.79 Å². The summed E-state index contributed by atoms with van der Waals surface area (Å²) in [6.07, 6.45) is 18.7.